The number of aromatic nitrogens is 4. The lowest BCUT2D eigenvalue weighted by Gasteiger charge is -2.34. The third-order valence-corrected chi connectivity index (χ3v) is 8.83. The van der Waals surface area contributed by atoms with Gasteiger partial charge in [0, 0.05) is 55.2 Å². The van der Waals surface area contributed by atoms with Crippen molar-refractivity contribution in [2.75, 3.05) is 36.4 Å². The molecule has 4 heterocycles. The van der Waals surface area contributed by atoms with Crippen LogP contribution in [0.3, 0.4) is 0 Å². The second-order valence-corrected chi connectivity index (χ2v) is 12.8. The molecule has 5 aromatic rings. The summed E-state index contributed by atoms with van der Waals surface area (Å²) in [7, 11) is 0. The summed E-state index contributed by atoms with van der Waals surface area (Å²) in [5, 5.41) is 5.92. The first-order chi connectivity index (χ1) is 20.3. The highest BCUT2D eigenvalue weighted by Gasteiger charge is 2.25. The molecule has 0 spiro atoms. The van der Waals surface area contributed by atoms with Crippen LogP contribution in [-0.4, -0.2) is 56.6 Å². The maximum absolute atomic E-state index is 6.56. The van der Waals surface area contributed by atoms with Crippen LogP contribution in [0.15, 0.2) is 73.3 Å². The first-order valence-electron chi connectivity index (χ1n) is 14.1. The number of thiazole rings is 1. The minimum Gasteiger partial charge on any atom is -0.486 e. The van der Waals surface area contributed by atoms with Gasteiger partial charge in [0.15, 0.2) is 5.13 Å². The predicted molar refractivity (Wildman–Crippen MR) is 172 cm³/mol. The van der Waals surface area contributed by atoms with Crippen molar-refractivity contribution in [3.63, 3.8) is 0 Å². The fourth-order valence-corrected chi connectivity index (χ4v) is 6.30. The zero-order valence-corrected chi connectivity index (χ0v) is 25.6. The molecule has 0 bridgehead atoms. The number of ether oxygens (including phenoxy) is 1. The van der Waals surface area contributed by atoms with Gasteiger partial charge in [-0.3, -0.25) is 9.88 Å². The van der Waals surface area contributed by atoms with E-state index in [1.54, 1.807) is 23.9 Å². The molecule has 6 rings (SSSR count). The van der Waals surface area contributed by atoms with Gasteiger partial charge in [-0.15, -0.1) is 0 Å². The van der Waals surface area contributed by atoms with Gasteiger partial charge < -0.3 is 15.0 Å². The fourth-order valence-electron chi connectivity index (χ4n) is 5.10. The Labute approximate surface area is 255 Å². The van der Waals surface area contributed by atoms with E-state index in [1.807, 2.05) is 48.7 Å². The summed E-state index contributed by atoms with van der Waals surface area (Å²) in [6.45, 7) is 11.4. The first-order valence-corrected chi connectivity index (χ1v) is 15.3. The molecule has 0 unspecified atom stereocenters. The van der Waals surface area contributed by atoms with Crippen molar-refractivity contribution in [1.82, 2.24) is 24.8 Å². The SMILES string of the molecule is CC(C)(C)N1CCCN(c2ncc(-c3ccc4ncnc(Nc5ccc(OCc6ccccn6)c(Cl)c5)c4c3)s2)CC1. The number of nitrogens with zero attached hydrogens (tertiary/aromatic N) is 6. The molecule has 1 aliphatic heterocycles. The van der Waals surface area contributed by atoms with Gasteiger partial charge in [-0.1, -0.05) is 35.1 Å². The van der Waals surface area contributed by atoms with Crippen molar-refractivity contribution in [1.29, 1.82) is 0 Å². The van der Waals surface area contributed by atoms with Crippen LogP contribution < -0.4 is 15.0 Å². The molecule has 0 aliphatic carbocycles. The molecule has 0 atom stereocenters. The van der Waals surface area contributed by atoms with E-state index in [9.17, 15) is 0 Å². The molecule has 42 heavy (non-hydrogen) atoms. The highest BCUT2D eigenvalue weighted by atomic mass is 35.5. The van der Waals surface area contributed by atoms with Gasteiger partial charge >= 0.3 is 0 Å². The lowest BCUT2D eigenvalue weighted by Crippen LogP contribution is -2.43. The summed E-state index contributed by atoms with van der Waals surface area (Å²) >= 11 is 8.30. The molecule has 0 amide bonds. The Morgan fingerprint density at radius 3 is 2.67 bits per heavy atom. The number of hydrogen-bond donors (Lipinski definition) is 1. The molecule has 216 valence electrons. The molecular weight excluding hydrogens is 566 g/mol. The van der Waals surface area contributed by atoms with Gasteiger partial charge in [-0.2, -0.15) is 0 Å². The molecule has 1 fully saturated rings. The number of hydrogen-bond acceptors (Lipinski definition) is 9. The Balaban J connectivity index is 1.19. The highest BCUT2D eigenvalue weighted by molar-refractivity contribution is 7.18. The molecule has 0 radical (unpaired) electrons. The van der Waals surface area contributed by atoms with Crippen molar-refractivity contribution in [2.45, 2.75) is 39.3 Å². The second kappa shape index (κ2) is 12.2. The summed E-state index contributed by atoms with van der Waals surface area (Å²) in [5.74, 6) is 1.30. The van der Waals surface area contributed by atoms with Crippen LogP contribution >= 0.6 is 22.9 Å². The van der Waals surface area contributed by atoms with Crippen molar-refractivity contribution < 1.29 is 4.74 Å². The van der Waals surface area contributed by atoms with Gasteiger partial charge in [0.2, 0.25) is 0 Å². The first kappa shape index (κ1) is 28.3. The van der Waals surface area contributed by atoms with E-state index in [1.165, 1.54) is 0 Å². The Hall–Kier alpha value is -3.79. The third-order valence-electron chi connectivity index (χ3n) is 7.42. The molecule has 10 heteroatoms. The molecule has 8 nitrogen and oxygen atoms in total. The number of anilines is 3. The van der Waals surface area contributed by atoms with Crippen molar-refractivity contribution in [3.05, 3.63) is 84.0 Å². The maximum atomic E-state index is 6.56. The molecular formula is C32H34ClN7OS. The van der Waals surface area contributed by atoms with E-state index in [0.717, 1.165) is 70.5 Å². The van der Waals surface area contributed by atoms with Crippen LogP contribution in [0.25, 0.3) is 21.3 Å². The maximum Gasteiger partial charge on any atom is 0.185 e. The summed E-state index contributed by atoms with van der Waals surface area (Å²) in [4.78, 5) is 24.3. The third kappa shape index (κ3) is 6.48. The molecule has 1 saturated heterocycles. The lowest BCUT2D eigenvalue weighted by molar-refractivity contribution is 0.148. The lowest BCUT2D eigenvalue weighted by atomic mass is 10.1. The van der Waals surface area contributed by atoms with Crippen LogP contribution in [-0.2, 0) is 6.61 Å². The van der Waals surface area contributed by atoms with E-state index >= 15 is 0 Å². The van der Waals surface area contributed by atoms with Crippen LogP contribution in [0.5, 0.6) is 5.75 Å². The van der Waals surface area contributed by atoms with E-state index < -0.39 is 0 Å². The largest absolute Gasteiger partial charge is 0.486 e. The number of nitrogens with one attached hydrogen (secondary N) is 1. The number of rotatable bonds is 7. The predicted octanol–water partition coefficient (Wildman–Crippen LogP) is 7.43. The minimum absolute atomic E-state index is 0.185. The van der Waals surface area contributed by atoms with Crippen LogP contribution in [0.1, 0.15) is 32.9 Å². The minimum atomic E-state index is 0.185. The average Bonchev–Trinajstić information content (AvgIpc) is 3.34. The standard InChI is InChI=1S/C32H34ClN7OS/c1-32(2,3)40-14-6-13-39(15-16-40)31-35-19-29(42-31)22-8-10-27-25(17-22)30(37-21-36-27)38-23-9-11-28(26(33)18-23)41-20-24-7-4-5-12-34-24/h4-5,7-12,17-19,21H,6,13-16,20H2,1-3H3,(H,36,37,38). The van der Waals surface area contributed by atoms with E-state index in [4.69, 9.17) is 21.3 Å². The quantitative estimate of drug-likeness (QED) is 0.207. The molecule has 3 aromatic heterocycles. The molecule has 2 aromatic carbocycles. The van der Waals surface area contributed by atoms with Crippen LogP contribution in [0.4, 0.5) is 16.6 Å². The number of fused-ring (bicyclic) bond motifs is 1. The fraction of sp³-hybridized carbons (Fsp3) is 0.312. The van der Waals surface area contributed by atoms with Gasteiger partial charge in [0.1, 0.15) is 24.5 Å². The van der Waals surface area contributed by atoms with Crippen molar-refractivity contribution in [3.8, 4) is 16.2 Å². The average molecular weight is 600 g/mol. The van der Waals surface area contributed by atoms with Gasteiger partial charge in [0.25, 0.3) is 0 Å². The van der Waals surface area contributed by atoms with Gasteiger partial charge in [0.05, 0.1) is 21.1 Å². The van der Waals surface area contributed by atoms with Crippen molar-refractivity contribution >= 4 is 50.5 Å². The molecule has 1 N–H and O–H groups in total. The van der Waals surface area contributed by atoms with Gasteiger partial charge in [-0.25, -0.2) is 15.0 Å². The zero-order valence-electron chi connectivity index (χ0n) is 24.0. The van der Waals surface area contributed by atoms with Gasteiger partial charge in [-0.05, 0) is 75.2 Å². The monoisotopic (exact) mass is 599 g/mol. The van der Waals surface area contributed by atoms with E-state index in [-0.39, 0.29) is 5.54 Å². The highest BCUT2D eigenvalue weighted by Crippen LogP contribution is 2.36. The second-order valence-electron chi connectivity index (χ2n) is 11.3. The Kier molecular flexibility index (Phi) is 8.24. The molecule has 1 aliphatic rings. The van der Waals surface area contributed by atoms with E-state index in [0.29, 0.717) is 23.2 Å². The summed E-state index contributed by atoms with van der Waals surface area (Å²) < 4.78 is 5.88. The summed E-state index contributed by atoms with van der Waals surface area (Å²) in [5.41, 5.74) is 3.78. The van der Waals surface area contributed by atoms with Crippen LogP contribution in [0.2, 0.25) is 5.02 Å². The summed E-state index contributed by atoms with van der Waals surface area (Å²) in [6.07, 6.45) is 6.43. The van der Waals surface area contributed by atoms with E-state index in [2.05, 4.69) is 63.0 Å². The Bertz CT molecular complexity index is 1670. The topological polar surface area (TPSA) is 79.3 Å². The number of halogens is 1. The van der Waals surface area contributed by atoms with Crippen LogP contribution in [0, 0.1) is 0 Å². The zero-order chi connectivity index (χ0) is 29.1. The van der Waals surface area contributed by atoms with Crippen molar-refractivity contribution in [2.24, 2.45) is 0 Å². The number of benzene rings is 2. The number of pyridine rings is 1. The normalized spacial score (nSPS) is 14.6. The molecule has 0 saturated carbocycles. The smallest absolute Gasteiger partial charge is 0.185 e. The Morgan fingerprint density at radius 2 is 1.86 bits per heavy atom. The Morgan fingerprint density at radius 1 is 0.952 bits per heavy atom. The summed E-state index contributed by atoms with van der Waals surface area (Å²) in [6, 6.07) is 17.6.